The number of ether oxygens (including phenoxy) is 1. The lowest BCUT2D eigenvalue weighted by atomic mass is 10.2. The number of esters is 1. The number of nitrogens with zero attached hydrogens (tertiary/aromatic N) is 4. The number of aryl methyl sites for hydroxylation is 1. The molecule has 0 atom stereocenters. The number of nitriles is 1. The van der Waals surface area contributed by atoms with E-state index < -0.39 is 5.97 Å². The van der Waals surface area contributed by atoms with E-state index in [9.17, 15) is 9.59 Å². The minimum atomic E-state index is -0.472. The smallest absolute Gasteiger partial charge is 0.341 e. The lowest BCUT2D eigenvalue weighted by Gasteiger charge is -2.06. The van der Waals surface area contributed by atoms with Crippen LogP contribution in [0.5, 0.6) is 0 Å². The number of hydrogen-bond acceptors (Lipinski definition) is 7. The third kappa shape index (κ3) is 3.92. The summed E-state index contributed by atoms with van der Waals surface area (Å²) in [5.74, 6) is -0.802. The quantitative estimate of drug-likeness (QED) is 0.804. The average molecular weight is 333 g/mol. The molecule has 2 heterocycles. The van der Waals surface area contributed by atoms with Gasteiger partial charge >= 0.3 is 5.97 Å². The zero-order valence-corrected chi connectivity index (χ0v) is 13.5. The number of anilines is 1. The van der Waals surface area contributed by atoms with Crippen LogP contribution in [0, 0.1) is 11.3 Å². The zero-order valence-electron chi connectivity index (χ0n) is 12.7. The second-order valence-electron chi connectivity index (χ2n) is 4.47. The predicted molar refractivity (Wildman–Crippen MR) is 83.0 cm³/mol. The van der Waals surface area contributed by atoms with Crippen molar-refractivity contribution in [2.75, 3.05) is 11.9 Å². The Morgan fingerprint density at radius 1 is 1.48 bits per heavy atom. The molecule has 0 saturated carbocycles. The molecule has 0 fully saturated rings. The first-order valence-electron chi connectivity index (χ1n) is 6.96. The highest BCUT2D eigenvalue weighted by Crippen LogP contribution is 2.29. The van der Waals surface area contributed by atoms with E-state index >= 15 is 0 Å². The summed E-state index contributed by atoms with van der Waals surface area (Å²) in [5, 5.41) is 19.1. The topological polar surface area (TPSA) is 110 Å². The van der Waals surface area contributed by atoms with Gasteiger partial charge < -0.3 is 10.1 Å². The van der Waals surface area contributed by atoms with Crippen LogP contribution in [-0.4, -0.2) is 33.2 Å². The highest BCUT2D eigenvalue weighted by molar-refractivity contribution is 7.16. The molecule has 0 aromatic carbocycles. The lowest BCUT2D eigenvalue weighted by Crippen LogP contribution is -2.20. The Morgan fingerprint density at radius 2 is 2.26 bits per heavy atom. The van der Waals surface area contributed by atoms with Gasteiger partial charge in [0.25, 0.3) is 0 Å². The van der Waals surface area contributed by atoms with Gasteiger partial charge in [0.2, 0.25) is 11.7 Å². The Bertz CT molecular complexity index is 759. The number of thiophene rings is 1. The highest BCUT2D eigenvalue weighted by atomic mass is 32.1. The molecule has 0 radical (unpaired) electrons. The third-order valence-electron chi connectivity index (χ3n) is 2.91. The molecule has 1 N–H and O–H groups in total. The molecule has 0 aliphatic rings. The molecular weight excluding hydrogens is 318 g/mol. The van der Waals surface area contributed by atoms with Crippen molar-refractivity contribution in [2.45, 2.75) is 26.8 Å². The normalized spacial score (nSPS) is 10.1. The van der Waals surface area contributed by atoms with Crippen LogP contribution in [0.25, 0.3) is 0 Å². The standard InChI is InChI=1S/C14H15N5O3S/c1-3-9-5-10(14(21)22-4-2)13(23-9)17-12(20)7-19-8-16-18-11(19)6-15/h5,8H,3-4,7H2,1-2H3,(H,17,20). The van der Waals surface area contributed by atoms with Gasteiger partial charge in [-0.25, -0.2) is 4.79 Å². The van der Waals surface area contributed by atoms with E-state index in [0.717, 1.165) is 11.3 Å². The number of carbonyl (C=O) groups excluding carboxylic acids is 2. The summed E-state index contributed by atoms with van der Waals surface area (Å²) in [6.45, 7) is 3.83. The van der Waals surface area contributed by atoms with Gasteiger partial charge in [-0.15, -0.1) is 21.5 Å². The van der Waals surface area contributed by atoms with Gasteiger partial charge in [-0.05, 0) is 19.4 Å². The van der Waals surface area contributed by atoms with Crippen molar-refractivity contribution in [2.24, 2.45) is 0 Å². The Morgan fingerprint density at radius 3 is 2.91 bits per heavy atom. The van der Waals surface area contributed by atoms with Gasteiger partial charge in [-0.3, -0.25) is 9.36 Å². The van der Waals surface area contributed by atoms with Crippen LogP contribution < -0.4 is 5.32 Å². The number of carbonyl (C=O) groups is 2. The molecule has 120 valence electrons. The number of nitrogens with one attached hydrogen (secondary N) is 1. The second-order valence-corrected chi connectivity index (χ2v) is 5.61. The van der Waals surface area contributed by atoms with Crippen molar-refractivity contribution >= 4 is 28.2 Å². The van der Waals surface area contributed by atoms with Crippen LogP contribution >= 0.6 is 11.3 Å². The Labute approximate surface area is 136 Å². The molecule has 0 saturated heterocycles. The fourth-order valence-electron chi connectivity index (χ4n) is 1.85. The van der Waals surface area contributed by atoms with Gasteiger partial charge in [-0.2, -0.15) is 5.26 Å². The fraction of sp³-hybridized carbons (Fsp3) is 0.357. The van der Waals surface area contributed by atoms with E-state index in [2.05, 4.69) is 15.5 Å². The van der Waals surface area contributed by atoms with Crippen molar-refractivity contribution < 1.29 is 14.3 Å². The number of rotatable bonds is 6. The lowest BCUT2D eigenvalue weighted by molar-refractivity contribution is -0.116. The van der Waals surface area contributed by atoms with E-state index in [0.29, 0.717) is 10.6 Å². The first kappa shape index (κ1) is 16.6. The zero-order chi connectivity index (χ0) is 16.8. The average Bonchev–Trinajstić information content (AvgIpc) is 3.13. The highest BCUT2D eigenvalue weighted by Gasteiger charge is 2.19. The second kappa shape index (κ2) is 7.51. The minimum absolute atomic E-state index is 0.0474. The first-order chi connectivity index (χ1) is 11.1. The van der Waals surface area contributed by atoms with Crippen LogP contribution in [-0.2, 0) is 22.5 Å². The van der Waals surface area contributed by atoms with Gasteiger partial charge in [0, 0.05) is 4.88 Å². The SMILES string of the molecule is CCOC(=O)c1cc(CC)sc1NC(=O)Cn1cnnc1C#N. The molecule has 2 aromatic heterocycles. The molecule has 0 aliphatic carbocycles. The molecular formula is C14H15N5O3S. The molecule has 1 amide bonds. The van der Waals surface area contributed by atoms with Crippen LogP contribution in [0.1, 0.15) is 34.9 Å². The van der Waals surface area contributed by atoms with Crippen molar-refractivity contribution in [3.8, 4) is 6.07 Å². The Kier molecular flexibility index (Phi) is 5.43. The monoisotopic (exact) mass is 333 g/mol. The molecule has 23 heavy (non-hydrogen) atoms. The van der Waals surface area contributed by atoms with Gasteiger partial charge in [-0.1, -0.05) is 6.92 Å². The summed E-state index contributed by atoms with van der Waals surface area (Å²) < 4.78 is 6.33. The molecule has 0 bridgehead atoms. The number of hydrogen-bond donors (Lipinski definition) is 1. The summed E-state index contributed by atoms with van der Waals surface area (Å²) >= 11 is 1.33. The molecule has 8 nitrogen and oxygen atoms in total. The number of amides is 1. The van der Waals surface area contributed by atoms with Crippen molar-refractivity contribution in [3.05, 3.63) is 28.7 Å². The Hall–Kier alpha value is -2.73. The molecule has 0 unspecified atom stereocenters. The summed E-state index contributed by atoms with van der Waals surface area (Å²) in [5.41, 5.74) is 0.339. The van der Waals surface area contributed by atoms with Gasteiger partial charge in [0.05, 0.1) is 12.2 Å². The molecule has 0 aliphatic heterocycles. The van der Waals surface area contributed by atoms with E-state index in [1.54, 1.807) is 13.0 Å². The van der Waals surface area contributed by atoms with E-state index in [4.69, 9.17) is 10.00 Å². The van der Waals surface area contributed by atoms with Crippen LogP contribution in [0.4, 0.5) is 5.00 Å². The summed E-state index contributed by atoms with van der Waals surface area (Å²) in [6, 6.07) is 3.56. The van der Waals surface area contributed by atoms with E-state index in [1.807, 2.05) is 13.0 Å². The van der Waals surface area contributed by atoms with E-state index in [1.165, 1.54) is 22.2 Å². The fourth-order valence-corrected chi connectivity index (χ4v) is 2.85. The van der Waals surface area contributed by atoms with Crippen molar-refractivity contribution in [1.29, 1.82) is 5.26 Å². The molecule has 2 rings (SSSR count). The maximum atomic E-state index is 12.1. The maximum Gasteiger partial charge on any atom is 0.341 e. The minimum Gasteiger partial charge on any atom is -0.462 e. The van der Waals surface area contributed by atoms with Crippen molar-refractivity contribution in [3.63, 3.8) is 0 Å². The molecule has 9 heteroatoms. The summed E-state index contributed by atoms with van der Waals surface area (Å²) in [7, 11) is 0. The molecule has 0 spiro atoms. The van der Waals surface area contributed by atoms with E-state index in [-0.39, 0.29) is 24.9 Å². The summed E-state index contributed by atoms with van der Waals surface area (Å²) in [6.07, 6.45) is 2.05. The Balaban J connectivity index is 2.15. The van der Waals surface area contributed by atoms with Crippen LogP contribution in [0.2, 0.25) is 0 Å². The molecule has 2 aromatic rings. The van der Waals surface area contributed by atoms with Crippen LogP contribution in [0.15, 0.2) is 12.4 Å². The van der Waals surface area contributed by atoms with Crippen LogP contribution in [0.3, 0.4) is 0 Å². The largest absolute Gasteiger partial charge is 0.462 e. The third-order valence-corrected chi connectivity index (χ3v) is 4.10. The van der Waals surface area contributed by atoms with Gasteiger partial charge in [0.1, 0.15) is 23.9 Å². The maximum absolute atomic E-state index is 12.1. The first-order valence-corrected chi connectivity index (χ1v) is 7.78. The summed E-state index contributed by atoms with van der Waals surface area (Å²) in [4.78, 5) is 25.1. The van der Waals surface area contributed by atoms with Crippen molar-refractivity contribution in [1.82, 2.24) is 14.8 Å². The van der Waals surface area contributed by atoms with Gasteiger partial charge in [0.15, 0.2) is 0 Å². The predicted octanol–water partition coefficient (Wildman–Crippen LogP) is 1.59. The number of aromatic nitrogens is 3.